The van der Waals surface area contributed by atoms with Crippen LogP contribution in [0, 0.1) is 0 Å². The van der Waals surface area contributed by atoms with Gasteiger partial charge in [-0.2, -0.15) is 0 Å². The number of aromatic nitrogens is 2. The van der Waals surface area contributed by atoms with E-state index in [9.17, 15) is 0 Å². The number of rotatable bonds is 4. The number of halogens is 1. The van der Waals surface area contributed by atoms with E-state index in [1.165, 1.54) is 0 Å². The molecule has 0 atom stereocenters. The molecule has 1 aromatic carbocycles. The van der Waals surface area contributed by atoms with Crippen LogP contribution in [0.4, 0.5) is 0 Å². The van der Waals surface area contributed by atoms with Gasteiger partial charge in [-0.3, -0.25) is 4.40 Å². The van der Waals surface area contributed by atoms with E-state index in [4.69, 9.17) is 11.6 Å². The van der Waals surface area contributed by atoms with Crippen molar-refractivity contribution in [2.45, 2.75) is 13.1 Å². The highest BCUT2D eigenvalue weighted by atomic mass is 35.5. The van der Waals surface area contributed by atoms with Crippen LogP contribution in [-0.2, 0) is 13.1 Å². The van der Waals surface area contributed by atoms with Gasteiger partial charge in [0.15, 0.2) is 4.96 Å². The van der Waals surface area contributed by atoms with Gasteiger partial charge in [0.2, 0.25) is 0 Å². The molecule has 0 aliphatic heterocycles. The van der Waals surface area contributed by atoms with Crippen LogP contribution in [-0.4, -0.2) is 9.38 Å². The second-order valence-electron chi connectivity index (χ2n) is 4.02. The topological polar surface area (TPSA) is 29.3 Å². The largest absolute Gasteiger partial charge is 0.307 e. The standard InChI is InChI=1S/C13H12ClN3S/c14-12-4-2-1-3-10(12)7-15-8-11-9-17-5-6-18-13(17)16-11/h1-6,9,15H,7-8H2. The van der Waals surface area contributed by atoms with Crippen molar-refractivity contribution in [1.29, 1.82) is 0 Å². The molecular formula is C13H12ClN3S. The lowest BCUT2D eigenvalue weighted by Gasteiger charge is -2.04. The molecule has 5 heteroatoms. The van der Waals surface area contributed by atoms with Crippen LogP contribution in [0.2, 0.25) is 5.02 Å². The molecule has 0 saturated carbocycles. The zero-order chi connectivity index (χ0) is 12.4. The van der Waals surface area contributed by atoms with E-state index >= 15 is 0 Å². The van der Waals surface area contributed by atoms with Gasteiger partial charge in [-0.15, -0.1) is 11.3 Å². The van der Waals surface area contributed by atoms with Gasteiger partial charge in [-0.25, -0.2) is 4.98 Å². The van der Waals surface area contributed by atoms with Crippen molar-refractivity contribution in [3.8, 4) is 0 Å². The molecule has 0 radical (unpaired) electrons. The molecule has 0 unspecified atom stereocenters. The molecule has 2 aromatic heterocycles. The van der Waals surface area contributed by atoms with Crippen LogP contribution in [0.3, 0.4) is 0 Å². The Kier molecular flexibility index (Phi) is 3.32. The summed E-state index contributed by atoms with van der Waals surface area (Å²) < 4.78 is 2.04. The quantitative estimate of drug-likeness (QED) is 0.792. The first-order chi connectivity index (χ1) is 8.83. The SMILES string of the molecule is Clc1ccccc1CNCc1cn2ccsc2n1. The van der Waals surface area contributed by atoms with Gasteiger partial charge in [-0.1, -0.05) is 29.8 Å². The molecule has 0 fully saturated rings. The van der Waals surface area contributed by atoms with Crippen molar-refractivity contribution in [1.82, 2.24) is 14.7 Å². The molecule has 3 rings (SSSR count). The summed E-state index contributed by atoms with van der Waals surface area (Å²) in [6, 6.07) is 7.87. The number of hydrogen-bond acceptors (Lipinski definition) is 3. The molecule has 1 N–H and O–H groups in total. The van der Waals surface area contributed by atoms with Crippen molar-refractivity contribution >= 4 is 27.9 Å². The molecular weight excluding hydrogens is 266 g/mol. The number of fused-ring (bicyclic) bond motifs is 1. The molecule has 3 nitrogen and oxygen atoms in total. The summed E-state index contributed by atoms with van der Waals surface area (Å²) in [6.45, 7) is 1.50. The second kappa shape index (κ2) is 5.10. The van der Waals surface area contributed by atoms with Gasteiger partial charge in [0.05, 0.1) is 5.69 Å². The van der Waals surface area contributed by atoms with E-state index in [1.807, 2.05) is 46.4 Å². The van der Waals surface area contributed by atoms with Crippen molar-refractivity contribution in [2.24, 2.45) is 0 Å². The number of thiazole rings is 1. The molecule has 0 bridgehead atoms. The predicted octanol–water partition coefficient (Wildman–Crippen LogP) is 3.34. The molecule has 18 heavy (non-hydrogen) atoms. The number of imidazole rings is 1. The number of nitrogens with zero attached hydrogens (tertiary/aromatic N) is 2. The first-order valence-electron chi connectivity index (χ1n) is 5.68. The summed E-state index contributed by atoms with van der Waals surface area (Å²) in [7, 11) is 0. The normalized spacial score (nSPS) is 11.2. The van der Waals surface area contributed by atoms with E-state index in [2.05, 4.69) is 10.3 Å². The summed E-state index contributed by atoms with van der Waals surface area (Å²) in [5.41, 5.74) is 2.16. The second-order valence-corrected chi connectivity index (χ2v) is 5.30. The molecule has 0 aliphatic carbocycles. The van der Waals surface area contributed by atoms with Crippen LogP contribution in [0.15, 0.2) is 42.0 Å². The lowest BCUT2D eigenvalue weighted by molar-refractivity contribution is 0.683. The number of hydrogen-bond donors (Lipinski definition) is 1. The Morgan fingerprint density at radius 2 is 2.17 bits per heavy atom. The van der Waals surface area contributed by atoms with Gasteiger partial charge in [0.25, 0.3) is 0 Å². The molecule has 92 valence electrons. The minimum Gasteiger partial charge on any atom is -0.307 e. The van der Waals surface area contributed by atoms with Crippen molar-refractivity contribution < 1.29 is 0 Å². The Hall–Kier alpha value is -1.36. The summed E-state index contributed by atoms with van der Waals surface area (Å²) in [6.07, 6.45) is 4.07. The van der Waals surface area contributed by atoms with Crippen molar-refractivity contribution in [2.75, 3.05) is 0 Å². The molecule has 2 heterocycles. The lowest BCUT2D eigenvalue weighted by atomic mass is 10.2. The lowest BCUT2D eigenvalue weighted by Crippen LogP contribution is -2.13. The first-order valence-corrected chi connectivity index (χ1v) is 6.94. The Morgan fingerprint density at radius 1 is 1.28 bits per heavy atom. The highest BCUT2D eigenvalue weighted by Gasteiger charge is 2.03. The maximum Gasteiger partial charge on any atom is 0.193 e. The van der Waals surface area contributed by atoms with Crippen molar-refractivity contribution in [3.05, 3.63) is 58.3 Å². The average Bonchev–Trinajstić information content (AvgIpc) is 2.92. The average molecular weight is 278 g/mol. The Bertz CT molecular complexity index is 630. The fourth-order valence-corrected chi connectivity index (χ4v) is 2.75. The predicted molar refractivity (Wildman–Crippen MR) is 75.1 cm³/mol. The van der Waals surface area contributed by atoms with Gasteiger partial charge >= 0.3 is 0 Å². The minimum atomic E-state index is 0.750. The zero-order valence-corrected chi connectivity index (χ0v) is 11.2. The minimum absolute atomic E-state index is 0.750. The fraction of sp³-hybridized carbons (Fsp3) is 0.154. The van der Waals surface area contributed by atoms with E-state index in [-0.39, 0.29) is 0 Å². The van der Waals surface area contributed by atoms with Gasteiger partial charge in [-0.05, 0) is 11.6 Å². The molecule has 0 aliphatic rings. The highest BCUT2D eigenvalue weighted by molar-refractivity contribution is 7.15. The zero-order valence-electron chi connectivity index (χ0n) is 9.64. The third kappa shape index (κ3) is 2.41. The first kappa shape index (κ1) is 11.7. The number of nitrogens with one attached hydrogen (secondary N) is 1. The van der Waals surface area contributed by atoms with Crippen LogP contribution in [0.1, 0.15) is 11.3 Å². The van der Waals surface area contributed by atoms with E-state index < -0.39 is 0 Å². The van der Waals surface area contributed by atoms with E-state index in [0.29, 0.717) is 0 Å². The summed E-state index contributed by atoms with van der Waals surface area (Å²) in [4.78, 5) is 5.54. The summed E-state index contributed by atoms with van der Waals surface area (Å²) in [5.74, 6) is 0. The van der Waals surface area contributed by atoms with Crippen LogP contribution < -0.4 is 5.32 Å². The van der Waals surface area contributed by atoms with Gasteiger partial charge in [0.1, 0.15) is 0 Å². The van der Waals surface area contributed by atoms with E-state index in [1.54, 1.807) is 11.3 Å². The van der Waals surface area contributed by atoms with Crippen LogP contribution in [0.5, 0.6) is 0 Å². The Morgan fingerprint density at radius 3 is 3.00 bits per heavy atom. The molecule has 0 spiro atoms. The van der Waals surface area contributed by atoms with Gasteiger partial charge < -0.3 is 5.32 Å². The molecule has 3 aromatic rings. The summed E-state index contributed by atoms with van der Waals surface area (Å²) in [5, 5.41) is 6.19. The number of benzene rings is 1. The Balaban J connectivity index is 1.62. The highest BCUT2D eigenvalue weighted by Crippen LogP contribution is 2.15. The monoisotopic (exact) mass is 277 g/mol. The van der Waals surface area contributed by atoms with Gasteiger partial charge in [0, 0.05) is 35.9 Å². The molecule has 0 saturated heterocycles. The smallest absolute Gasteiger partial charge is 0.193 e. The summed E-state index contributed by atoms with van der Waals surface area (Å²) >= 11 is 7.74. The maximum atomic E-state index is 6.09. The van der Waals surface area contributed by atoms with E-state index in [0.717, 1.165) is 34.3 Å². The third-order valence-corrected chi connectivity index (χ3v) is 3.86. The Labute approximate surface area is 114 Å². The maximum absolute atomic E-state index is 6.09. The van der Waals surface area contributed by atoms with Crippen LogP contribution in [0.25, 0.3) is 4.96 Å². The molecule has 0 amide bonds. The fourth-order valence-electron chi connectivity index (χ4n) is 1.83. The third-order valence-electron chi connectivity index (χ3n) is 2.72. The van der Waals surface area contributed by atoms with Crippen LogP contribution >= 0.6 is 22.9 Å². The van der Waals surface area contributed by atoms with Crippen molar-refractivity contribution in [3.63, 3.8) is 0 Å².